The second-order valence-corrected chi connectivity index (χ2v) is 6.40. The first-order valence-corrected chi connectivity index (χ1v) is 9.75. The maximum atomic E-state index is 10.9. The Morgan fingerprint density at radius 3 is 1.92 bits per heavy atom. The molecule has 0 bridgehead atoms. The summed E-state index contributed by atoms with van der Waals surface area (Å²) in [6.07, 6.45) is 22.7. The first-order valence-electron chi connectivity index (χ1n) is 9.75. The average Bonchev–Trinajstić information content (AvgIpc) is 2.60. The van der Waals surface area contributed by atoms with E-state index in [1.54, 1.807) is 0 Å². The number of esters is 1. The Bertz CT molecular complexity index is 334. The van der Waals surface area contributed by atoms with Gasteiger partial charge in [0, 0.05) is 6.42 Å². The van der Waals surface area contributed by atoms with Crippen molar-refractivity contribution in [1.82, 2.24) is 0 Å². The third-order valence-electron chi connectivity index (χ3n) is 4.19. The molecule has 24 heavy (non-hydrogen) atoms. The largest absolute Gasteiger partial charge is 0.469 e. The summed E-state index contributed by atoms with van der Waals surface area (Å²) in [4.78, 5) is 10.9. The van der Waals surface area contributed by atoms with Crippen LogP contribution in [-0.4, -0.2) is 24.3 Å². The molecule has 0 aliphatic rings. The summed E-state index contributed by atoms with van der Waals surface area (Å²) in [5.41, 5.74) is 0. The van der Waals surface area contributed by atoms with Crippen LogP contribution in [0.2, 0.25) is 0 Å². The Morgan fingerprint density at radius 1 is 0.875 bits per heavy atom. The van der Waals surface area contributed by atoms with Crippen LogP contribution in [0.1, 0.15) is 90.4 Å². The van der Waals surface area contributed by atoms with Crippen LogP contribution in [-0.2, 0) is 9.53 Å². The van der Waals surface area contributed by atoms with E-state index >= 15 is 0 Å². The lowest BCUT2D eigenvalue weighted by Crippen LogP contribution is -2.02. The number of hydrogen-bond donors (Lipinski definition) is 1. The van der Waals surface area contributed by atoms with Gasteiger partial charge in [-0.05, 0) is 57.8 Å². The van der Waals surface area contributed by atoms with Gasteiger partial charge >= 0.3 is 5.97 Å². The molecule has 1 unspecified atom stereocenters. The summed E-state index contributed by atoms with van der Waals surface area (Å²) in [6, 6.07) is 0. The van der Waals surface area contributed by atoms with Crippen molar-refractivity contribution >= 4 is 5.97 Å². The molecule has 0 aromatic rings. The van der Waals surface area contributed by atoms with Gasteiger partial charge in [0.15, 0.2) is 0 Å². The van der Waals surface area contributed by atoms with Crippen molar-refractivity contribution in [2.45, 2.75) is 96.5 Å². The lowest BCUT2D eigenvalue weighted by molar-refractivity contribution is -0.140. The topological polar surface area (TPSA) is 46.5 Å². The molecule has 0 rings (SSSR count). The first kappa shape index (κ1) is 22.9. The molecule has 0 saturated heterocycles. The summed E-state index contributed by atoms with van der Waals surface area (Å²) < 4.78 is 4.61. The highest BCUT2D eigenvalue weighted by molar-refractivity contribution is 5.68. The van der Waals surface area contributed by atoms with Crippen molar-refractivity contribution in [2.75, 3.05) is 7.11 Å². The summed E-state index contributed by atoms with van der Waals surface area (Å²) in [7, 11) is 1.44. The fraction of sp³-hybridized carbons (Fsp3) is 0.762. The zero-order chi connectivity index (χ0) is 17.9. The van der Waals surface area contributed by atoms with Crippen molar-refractivity contribution in [3.8, 4) is 0 Å². The second kappa shape index (κ2) is 18.3. The second-order valence-electron chi connectivity index (χ2n) is 6.40. The summed E-state index contributed by atoms with van der Waals surface area (Å²) >= 11 is 0. The van der Waals surface area contributed by atoms with Gasteiger partial charge in [0.1, 0.15) is 0 Å². The number of ether oxygens (including phenoxy) is 1. The molecule has 0 aromatic heterocycles. The Hall–Kier alpha value is -1.09. The standard InChI is InChI=1S/C21H38O3/c1-3-20(22)18-16-14-12-10-8-6-4-5-7-9-11-13-15-17-19-21(23)24-2/h11-14,20,22H,3-10,15-19H2,1-2H3/b13-11-,14-12-. The van der Waals surface area contributed by atoms with Gasteiger partial charge in [0.2, 0.25) is 0 Å². The van der Waals surface area contributed by atoms with E-state index in [2.05, 4.69) is 29.0 Å². The van der Waals surface area contributed by atoms with Gasteiger partial charge in [-0.1, -0.05) is 50.5 Å². The third-order valence-corrected chi connectivity index (χ3v) is 4.19. The third kappa shape index (κ3) is 17.3. The molecule has 0 aromatic carbocycles. The van der Waals surface area contributed by atoms with Gasteiger partial charge in [0.25, 0.3) is 0 Å². The van der Waals surface area contributed by atoms with E-state index in [0.717, 1.165) is 38.5 Å². The Morgan fingerprint density at radius 2 is 1.38 bits per heavy atom. The smallest absolute Gasteiger partial charge is 0.305 e. The van der Waals surface area contributed by atoms with Crippen LogP contribution >= 0.6 is 0 Å². The highest BCUT2D eigenvalue weighted by atomic mass is 16.5. The minimum absolute atomic E-state index is 0.114. The van der Waals surface area contributed by atoms with E-state index in [4.69, 9.17) is 0 Å². The molecule has 0 heterocycles. The molecule has 0 radical (unpaired) electrons. The van der Waals surface area contributed by atoms with Crippen molar-refractivity contribution in [2.24, 2.45) is 0 Å². The van der Waals surface area contributed by atoms with Gasteiger partial charge in [0.05, 0.1) is 13.2 Å². The van der Waals surface area contributed by atoms with E-state index < -0.39 is 0 Å². The predicted octanol–water partition coefficient (Wildman–Crippen LogP) is 5.72. The Kier molecular flexibility index (Phi) is 17.4. The lowest BCUT2D eigenvalue weighted by Gasteiger charge is -2.03. The van der Waals surface area contributed by atoms with E-state index in [-0.39, 0.29) is 12.1 Å². The SMILES string of the molecule is CCC(O)CC/C=C\CCCCCCC/C=C\CCCC(=O)OC. The molecule has 0 fully saturated rings. The van der Waals surface area contributed by atoms with Gasteiger partial charge in [-0.3, -0.25) is 4.79 Å². The number of aliphatic hydroxyl groups is 1. The van der Waals surface area contributed by atoms with Gasteiger partial charge in [-0.25, -0.2) is 0 Å². The minimum Gasteiger partial charge on any atom is -0.469 e. The molecule has 0 amide bonds. The molecule has 0 spiro atoms. The number of unbranched alkanes of at least 4 members (excludes halogenated alkanes) is 7. The monoisotopic (exact) mass is 338 g/mol. The van der Waals surface area contributed by atoms with Crippen LogP contribution in [0.5, 0.6) is 0 Å². The zero-order valence-corrected chi connectivity index (χ0v) is 15.8. The average molecular weight is 339 g/mol. The maximum absolute atomic E-state index is 10.9. The summed E-state index contributed by atoms with van der Waals surface area (Å²) in [6.45, 7) is 2.02. The van der Waals surface area contributed by atoms with Crippen LogP contribution in [0.3, 0.4) is 0 Å². The molecule has 140 valence electrons. The Balaban J connectivity index is 3.22. The number of methoxy groups -OCH3 is 1. The molecular weight excluding hydrogens is 300 g/mol. The number of carbonyl (C=O) groups is 1. The van der Waals surface area contributed by atoms with Crippen LogP contribution < -0.4 is 0 Å². The van der Waals surface area contributed by atoms with E-state index in [1.807, 2.05) is 6.92 Å². The van der Waals surface area contributed by atoms with Crippen molar-refractivity contribution < 1.29 is 14.6 Å². The highest BCUT2D eigenvalue weighted by Gasteiger charge is 1.97. The van der Waals surface area contributed by atoms with Crippen LogP contribution in [0, 0.1) is 0 Å². The zero-order valence-electron chi connectivity index (χ0n) is 15.8. The van der Waals surface area contributed by atoms with Gasteiger partial charge in [-0.2, -0.15) is 0 Å². The molecule has 3 heteroatoms. The molecule has 1 atom stereocenters. The van der Waals surface area contributed by atoms with E-state index in [1.165, 1.54) is 45.6 Å². The fourth-order valence-corrected chi connectivity index (χ4v) is 2.49. The fourth-order valence-electron chi connectivity index (χ4n) is 2.49. The van der Waals surface area contributed by atoms with Crippen molar-refractivity contribution in [3.63, 3.8) is 0 Å². The first-order chi connectivity index (χ1) is 11.7. The maximum Gasteiger partial charge on any atom is 0.305 e. The summed E-state index contributed by atoms with van der Waals surface area (Å²) in [5.74, 6) is -0.114. The van der Waals surface area contributed by atoms with Gasteiger partial charge in [-0.15, -0.1) is 0 Å². The predicted molar refractivity (Wildman–Crippen MR) is 102 cm³/mol. The minimum atomic E-state index is -0.128. The lowest BCUT2D eigenvalue weighted by atomic mass is 10.1. The number of hydrogen-bond acceptors (Lipinski definition) is 3. The summed E-state index contributed by atoms with van der Waals surface area (Å²) in [5, 5.41) is 9.44. The molecule has 0 aliphatic carbocycles. The van der Waals surface area contributed by atoms with Crippen molar-refractivity contribution in [1.29, 1.82) is 0 Å². The van der Waals surface area contributed by atoms with Gasteiger partial charge < -0.3 is 9.84 Å². The quantitative estimate of drug-likeness (QED) is 0.222. The highest BCUT2D eigenvalue weighted by Crippen LogP contribution is 2.09. The van der Waals surface area contributed by atoms with Crippen LogP contribution in [0.4, 0.5) is 0 Å². The Labute approximate surface area is 149 Å². The molecule has 0 aliphatic heterocycles. The molecule has 3 nitrogen and oxygen atoms in total. The van der Waals surface area contributed by atoms with Crippen LogP contribution in [0.25, 0.3) is 0 Å². The van der Waals surface area contributed by atoms with Crippen molar-refractivity contribution in [3.05, 3.63) is 24.3 Å². The number of rotatable bonds is 16. The van der Waals surface area contributed by atoms with E-state index in [0.29, 0.717) is 6.42 Å². The number of allylic oxidation sites excluding steroid dienone is 4. The van der Waals surface area contributed by atoms with E-state index in [9.17, 15) is 9.90 Å². The number of carbonyl (C=O) groups excluding carboxylic acids is 1. The molecular formula is C21H38O3. The number of aliphatic hydroxyl groups excluding tert-OH is 1. The normalized spacial score (nSPS) is 13.0. The van der Waals surface area contributed by atoms with Crippen LogP contribution in [0.15, 0.2) is 24.3 Å². The molecule has 1 N–H and O–H groups in total. The molecule has 0 saturated carbocycles.